The summed E-state index contributed by atoms with van der Waals surface area (Å²) in [6, 6.07) is 19.7. The molecule has 0 aromatic heterocycles. The molecule has 37 heavy (non-hydrogen) atoms. The molecule has 3 aromatic rings. The Balaban J connectivity index is 1.38. The van der Waals surface area contributed by atoms with Gasteiger partial charge in [-0.3, -0.25) is 10.2 Å². The smallest absolute Gasteiger partial charge is 0.243 e. The van der Waals surface area contributed by atoms with E-state index in [-0.39, 0.29) is 29.9 Å². The number of nitrogens with zero attached hydrogens (tertiary/aromatic N) is 1. The summed E-state index contributed by atoms with van der Waals surface area (Å²) in [5, 5.41) is 13.5. The first-order valence-corrected chi connectivity index (χ1v) is 14.6. The molecule has 1 fully saturated rings. The Kier molecular flexibility index (Phi) is 6.92. The quantitative estimate of drug-likeness (QED) is 0.282. The van der Waals surface area contributed by atoms with Crippen LogP contribution in [0.15, 0.2) is 60.7 Å². The van der Waals surface area contributed by atoms with Crippen molar-refractivity contribution in [1.82, 2.24) is 10.0 Å². The highest BCUT2D eigenvalue weighted by Gasteiger charge is 2.36. The highest BCUT2D eigenvalue weighted by molar-refractivity contribution is 7.88. The second-order valence-electron chi connectivity index (χ2n) is 10.2. The second kappa shape index (κ2) is 10.1. The number of nitrogens with two attached hydrogens (primary N) is 1. The molecule has 9 heteroatoms. The molecule has 0 spiro atoms. The third-order valence-corrected chi connectivity index (χ3v) is 8.23. The van der Waals surface area contributed by atoms with Crippen molar-refractivity contribution in [3.05, 3.63) is 77.4 Å². The number of hydrogen-bond donors (Lipinski definition) is 4. The van der Waals surface area contributed by atoms with Crippen LogP contribution in [0.2, 0.25) is 0 Å². The van der Waals surface area contributed by atoms with Gasteiger partial charge in [0.15, 0.2) is 0 Å². The molecule has 2 aliphatic rings. The molecule has 1 saturated carbocycles. The van der Waals surface area contributed by atoms with E-state index >= 15 is 0 Å². The minimum absolute atomic E-state index is 0.000255. The molecule has 1 atom stereocenters. The largest absolute Gasteiger partial charge is 0.384 e. The molecule has 5 rings (SSSR count). The van der Waals surface area contributed by atoms with Gasteiger partial charge in [0.25, 0.3) is 0 Å². The van der Waals surface area contributed by atoms with Crippen LogP contribution in [0.1, 0.15) is 42.4 Å². The van der Waals surface area contributed by atoms with Gasteiger partial charge in [-0.05, 0) is 53.6 Å². The van der Waals surface area contributed by atoms with Gasteiger partial charge in [-0.25, -0.2) is 13.1 Å². The number of hydrogen-bond acceptors (Lipinski definition) is 5. The first-order chi connectivity index (χ1) is 17.7. The molecule has 0 radical (unpaired) electrons. The number of anilines is 1. The van der Waals surface area contributed by atoms with Crippen LogP contribution >= 0.6 is 0 Å². The Morgan fingerprint density at radius 2 is 1.73 bits per heavy atom. The number of fused-ring (bicyclic) bond motifs is 2. The zero-order valence-electron chi connectivity index (χ0n) is 20.9. The van der Waals surface area contributed by atoms with E-state index in [1.54, 1.807) is 0 Å². The van der Waals surface area contributed by atoms with Crippen molar-refractivity contribution in [3.63, 3.8) is 0 Å². The van der Waals surface area contributed by atoms with E-state index < -0.39 is 10.0 Å². The van der Waals surface area contributed by atoms with E-state index in [1.165, 1.54) is 6.26 Å². The number of amidine groups is 1. The minimum atomic E-state index is -3.24. The Morgan fingerprint density at radius 1 is 1.03 bits per heavy atom. The molecular formula is C28H33N5O3S. The monoisotopic (exact) mass is 519 g/mol. The summed E-state index contributed by atoms with van der Waals surface area (Å²) < 4.78 is 25.8. The molecule has 194 valence electrons. The molecule has 1 amide bonds. The van der Waals surface area contributed by atoms with Crippen LogP contribution in [0.3, 0.4) is 0 Å². The van der Waals surface area contributed by atoms with Crippen LogP contribution in [0.25, 0.3) is 10.8 Å². The standard InChI is InChI=1S/C28H33N5O3S/c1-37(35,36)32-23-13-11-22(12-14-23)31-28(34)26-15-19-9-10-20(27(29)30)16-25(19)33(26)17-21-7-4-6-18-5-2-3-8-24(18)21/h2-10,16,22-23,26,32H,11-15,17H2,1H3,(H3,29,30)(H,31,34). The first-order valence-electron chi connectivity index (χ1n) is 12.7. The number of benzene rings is 3. The Labute approximate surface area is 217 Å². The molecule has 1 aliphatic carbocycles. The number of nitrogen functional groups attached to an aromatic ring is 1. The van der Waals surface area contributed by atoms with Gasteiger partial charge in [0, 0.05) is 36.3 Å². The van der Waals surface area contributed by atoms with Crippen LogP contribution in [0.4, 0.5) is 5.69 Å². The lowest BCUT2D eigenvalue weighted by Crippen LogP contribution is -2.50. The Morgan fingerprint density at radius 3 is 2.46 bits per heavy atom. The summed E-state index contributed by atoms with van der Waals surface area (Å²) in [4.78, 5) is 15.8. The number of rotatable bonds is 7. The zero-order chi connectivity index (χ0) is 26.2. The number of amides is 1. The normalized spacial score (nSPS) is 21.5. The second-order valence-corrected chi connectivity index (χ2v) is 12.0. The van der Waals surface area contributed by atoms with E-state index in [4.69, 9.17) is 11.1 Å². The maximum Gasteiger partial charge on any atom is 0.243 e. The lowest BCUT2D eigenvalue weighted by molar-refractivity contribution is -0.123. The SMILES string of the molecule is CS(=O)(=O)NC1CCC(NC(=O)C2Cc3ccc(C(=N)N)cc3N2Cc2cccc3ccccc23)CC1. The van der Waals surface area contributed by atoms with Crippen molar-refractivity contribution in [2.75, 3.05) is 11.2 Å². The van der Waals surface area contributed by atoms with Gasteiger partial charge in [-0.15, -0.1) is 0 Å². The average molecular weight is 520 g/mol. The van der Waals surface area contributed by atoms with Crippen LogP contribution in [0.5, 0.6) is 0 Å². The van der Waals surface area contributed by atoms with Crippen molar-refractivity contribution in [2.24, 2.45) is 5.73 Å². The van der Waals surface area contributed by atoms with Crippen molar-refractivity contribution >= 4 is 38.2 Å². The predicted octanol–water partition coefficient (Wildman–Crippen LogP) is 3.03. The van der Waals surface area contributed by atoms with Crippen molar-refractivity contribution in [3.8, 4) is 0 Å². The lowest BCUT2D eigenvalue weighted by Gasteiger charge is -2.32. The third-order valence-electron chi connectivity index (χ3n) is 7.47. The molecule has 5 N–H and O–H groups in total. The van der Waals surface area contributed by atoms with Gasteiger partial charge >= 0.3 is 0 Å². The minimum Gasteiger partial charge on any atom is -0.384 e. The van der Waals surface area contributed by atoms with Crippen LogP contribution in [-0.4, -0.2) is 44.5 Å². The predicted molar refractivity (Wildman–Crippen MR) is 147 cm³/mol. The Bertz CT molecular complexity index is 1440. The summed E-state index contributed by atoms with van der Waals surface area (Å²) in [6.07, 6.45) is 4.62. The zero-order valence-corrected chi connectivity index (χ0v) is 21.7. The van der Waals surface area contributed by atoms with Crippen molar-refractivity contribution in [1.29, 1.82) is 5.41 Å². The van der Waals surface area contributed by atoms with Crippen LogP contribution < -0.4 is 20.7 Å². The highest BCUT2D eigenvalue weighted by atomic mass is 32.2. The van der Waals surface area contributed by atoms with Gasteiger partial charge in [-0.2, -0.15) is 0 Å². The summed E-state index contributed by atoms with van der Waals surface area (Å²) in [5.74, 6) is -0.0272. The molecule has 0 bridgehead atoms. The molecule has 8 nitrogen and oxygen atoms in total. The molecule has 3 aromatic carbocycles. The summed E-state index contributed by atoms with van der Waals surface area (Å²) in [5.41, 5.74) is 9.55. The van der Waals surface area contributed by atoms with Crippen molar-refractivity contribution in [2.45, 2.75) is 56.8 Å². The molecule has 1 aliphatic heterocycles. The van der Waals surface area contributed by atoms with E-state index in [2.05, 4.69) is 39.2 Å². The summed E-state index contributed by atoms with van der Waals surface area (Å²) >= 11 is 0. The maximum absolute atomic E-state index is 13.6. The van der Waals surface area contributed by atoms with Gasteiger partial charge in [0.2, 0.25) is 15.9 Å². The third kappa shape index (κ3) is 5.62. The maximum atomic E-state index is 13.6. The van der Waals surface area contributed by atoms with E-state index in [1.807, 2.05) is 36.4 Å². The molecule has 1 heterocycles. The van der Waals surface area contributed by atoms with Gasteiger partial charge in [-0.1, -0.05) is 54.6 Å². The fourth-order valence-corrected chi connectivity index (χ4v) is 6.50. The summed E-state index contributed by atoms with van der Waals surface area (Å²) in [6.45, 7) is 0.554. The van der Waals surface area contributed by atoms with Gasteiger partial charge in [0.1, 0.15) is 11.9 Å². The van der Waals surface area contributed by atoms with E-state index in [9.17, 15) is 13.2 Å². The first kappa shape index (κ1) is 25.2. The van der Waals surface area contributed by atoms with Gasteiger partial charge in [0.05, 0.1) is 6.26 Å². The van der Waals surface area contributed by atoms with E-state index in [0.717, 1.165) is 40.4 Å². The summed E-state index contributed by atoms with van der Waals surface area (Å²) in [7, 11) is -3.24. The lowest BCUT2D eigenvalue weighted by atomic mass is 9.91. The molecule has 1 unspecified atom stereocenters. The fraction of sp³-hybridized carbons (Fsp3) is 0.357. The highest BCUT2D eigenvalue weighted by Crippen LogP contribution is 2.36. The van der Waals surface area contributed by atoms with Crippen LogP contribution in [0, 0.1) is 5.41 Å². The number of sulfonamides is 1. The van der Waals surface area contributed by atoms with Gasteiger partial charge < -0.3 is 16.0 Å². The number of nitrogens with one attached hydrogen (secondary N) is 3. The molecule has 0 saturated heterocycles. The van der Waals surface area contributed by atoms with E-state index in [0.29, 0.717) is 31.4 Å². The number of carbonyl (C=O) groups is 1. The topological polar surface area (TPSA) is 128 Å². The Hall–Kier alpha value is -3.43. The average Bonchev–Trinajstić information content (AvgIpc) is 3.22. The van der Waals surface area contributed by atoms with Crippen molar-refractivity contribution < 1.29 is 13.2 Å². The fourth-order valence-electron chi connectivity index (χ4n) is 5.66. The number of carbonyl (C=O) groups excluding carboxylic acids is 1. The molecular weight excluding hydrogens is 486 g/mol. The van der Waals surface area contributed by atoms with Crippen LogP contribution in [-0.2, 0) is 27.8 Å².